The monoisotopic (exact) mass is 338 g/mol. The van der Waals surface area contributed by atoms with Crippen molar-refractivity contribution in [3.05, 3.63) is 29.8 Å². The van der Waals surface area contributed by atoms with Crippen LogP contribution in [0, 0.1) is 11.8 Å². The number of rotatable bonds is 6. The molecule has 0 amide bonds. The number of hydrogen-bond acceptors (Lipinski definition) is 7. The molecule has 7 heteroatoms. The molecule has 0 bridgehead atoms. The van der Waals surface area contributed by atoms with E-state index in [0.29, 0.717) is 6.61 Å². The fraction of sp³-hybridized carbons (Fsp3) is 0.286. The summed E-state index contributed by atoms with van der Waals surface area (Å²) in [7, 11) is 0. The molecule has 0 atom stereocenters. The maximum atomic E-state index is 8.63. The normalized spacial score (nSPS) is 10.0. The fourth-order valence-corrected chi connectivity index (χ4v) is 3.73. The summed E-state index contributed by atoms with van der Waals surface area (Å²) in [6.07, 6.45) is 1.99. The Bertz CT molecular complexity index is 617. The first-order valence-electron chi connectivity index (χ1n) is 6.14. The van der Waals surface area contributed by atoms with Gasteiger partial charge in [0.15, 0.2) is 8.68 Å². The smallest absolute Gasteiger partial charge is 0.175 e. The zero-order valence-electron chi connectivity index (χ0n) is 11.4. The first kappa shape index (κ1) is 16.2. The Kier molecular flexibility index (Phi) is 6.89. The average Bonchev–Trinajstić information content (AvgIpc) is 2.99. The Hall–Kier alpha value is -1.20. The Morgan fingerprint density at radius 3 is 2.67 bits per heavy atom. The molecule has 1 N–H and O–H groups in total. The van der Waals surface area contributed by atoms with Gasteiger partial charge in [-0.15, -0.1) is 10.2 Å². The van der Waals surface area contributed by atoms with Crippen LogP contribution in [0.1, 0.15) is 5.56 Å². The average molecular weight is 338 g/mol. The van der Waals surface area contributed by atoms with Crippen molar-refractivity contribution >= 4 is 34.9 Å². The molecule has 0 saturated heterocycles. The van der Waals surface area contributed by atoms with Crippen molar-refractivity contribution in [2.45, 2.75) is 8.68 Å². The quantitative estimate of drug-likeness (QED) is 0.496. The van der Waals surface area contributed by atoms with E-state index in [1.807, 2.05) is 30.5 Å². The van der Waals surface area contributed by atoms with Gasteiger partial charge in [-0.2, -0.15) is 0 Å². The molecule has 0 aliphatic heterocycles. The molecule has 0 spiro atoms. The van der Waals surface area contributed by atoms with Gasteiger partial charge in [-0.05, 0) is 30.5 Å². The summed E-state index contributed by atoms with van der Waals surface area (Å²) < 4.78 is 7.61. The van der Waals surface area contributed by atoms with Crippen molar-refractivity contribution in [1.29, 1.82) is 0 Å². The first-order chi connectivity index (χ1) is 10.3. The number of nitrogens with zero attached hydrogens (tertiary/aromatic N) is 2. The second-order valence-electron chi connectivity index (χ2n) is 3.72. The van der Waals surface area contributed by atoms with Gasteiger partial charge in [0.2, 0.25) is 0 Å². The van der Waals surface area contributed by atoms with Crippen LogP contribution in [0.15, 0.2) is 32.9 Å². The highest BCUT2D eigenvalue weighted by Crippen LogP contribution is 2.27. The predicted molar refractivity (Wildman–Crippen MR) is 88.3 cm³/mol. The van der Waals surface area contributed by atoms with Crippen molar-refractivity contribution in [3.8, 4) is 17.6 Å². The SMILES string of the molecule is CSc1nnc(SCCOc2ccc(C#CCO)cc2)s1. The lowest BCUT2D eigenvalue weighted by atomic mass is 10.2. The minimum absolute atomic E-state index is 0.126. The number of aliphatic hydroxyl groups excluding tert-OH is 1. The molecule has 0 radical (unpaired) electrons. The topological polar surface area (TPSA) is 55.2 Å². The van der Waals surface area contributed by atoms with Crippen LogP contribution < -0.4 is 4.74 Å². The summed E-state index contributed by atoms with van der Waals surface area (Å²) in [5, 5.41) is 16.8. The molecule has 0 fully saturated rings. The van der Waals surface area contributed by atoms with Crippen molar-refractivity contribution < 1.29 is 9.84 Å². The third-order valence-electron chi connectivity index (χ3n) is 2.31. The van der Waals surface area contributed by atoms with E-state index < -0.39 is 0 Å². The lowest BCUT2D eigenvalue weighted by Gasteiger charge is -2.04. The van der Waals surface area contributed by atoms with Crippen LogP contribution in [-0.2, 0) is 0 Å². The second kappa shape index (κ2) is 8.95. The van der Waals surface area contributed by atoms with Gasteiger partial charge in [0, 0.05) is 11.3 Å². The molecule has 1 aromatic heterocycles. The Morgan fingerprint density at radius 1 is 1.24 bits per heavy atom. The highest BCUT2D eigenvalue weighted by atomic mass is 32.2. The standard InChI is InChI=1S/C14H14N2O2S3/c1-19-13-15-16-14(21-13)20-10-9-18-12-6-4-11(5-7-12)3-2-8-17/h4-7,17H,8-10H2,1H3. The van der Waals surface area contributed by atoms with Crippen molar-refractivity contribution in [1.82, 2.24) is 10.2 Å². The van der Waals surface area contributed by atoms with Crippen LogP contribution in [0.3, 0.4) is 0 Å². The number of ether oxygens (including phenoxy) is 1. The van der Waals surface area contributed by atoms with Gasteiger partial charge >= 0.3 is 0 Å². The maximum Gasteiger partial charge on any atom is 0.175 e. The first-order valence-corrected chi connectivity index (χ1v) is 9.17. The van der Waals surface area contributed by atoms with E-state index in [9.17, 15) is 0 Å². The van der Waals surface area contributed by atoms with Gasteiger partial charge in [-0.25, -0.2) is 0 Å². The Labute approximate surface area is 136 Å². The van der Waals surface area contributed by atoms with Gasteiger partial charge in [-0.3, -0.25) is 0 Å². The van der Waals surface area contributed by atoms with Crippen LogP contribution in [0.2, 0.25) is 0 Å². The van der Waals surface area contributed by atoms with Crippen LogP contribution in [0.5, 0.6) is 5.75 Å². The number of aromatic nitrogens is 2. The molecule has 2 aromatic rings. The maximum absolute atomic E-state index is 8.63. The van der Waals surface area contributed by atoms with E-state index >= 15 is 0 Å². The number of aliphatic hydroxyl groups is 1. The van der Waals surface area contributed by atoms with E-state index in [-0.39, 0.29) is 6.61 Å². The summed E-state index contributed by atoms with van der Waals surface area (Å²) in [4.78, 5) is 0. The summed E-state index contributed by atoms with van der Waals surface area (Å²) in [5.74, 6) is 7.09. The van der Waals surface area contributed by atoms with Crippen LogP contribution in [0.4, 0.5) is 0 Å². The third-order valence-corrected chi connectivity index (χ3v) is 5.30. The number of thioether (sulfide) groups is 2. The highest BCUT2D eigenvalue weighted by Gasteiger charge is 2.03. The lowest BCUT2D eigenvalue weighted by molar-refractivity contribution is 0.344. The predicted octanol–water partition coefficient (Wildman–Crippen LogP) is 2.77. The largest absolute Gasteiger partial charge is 0.493 e. The molecule has 21 heavy (non-hydrogen) atoms. The zero-order valence-corrected chi connectivity index (χ0v) is 13.9. The molecular weight excluding hydrogens is 324 g/mol. The molecule has 0 aliphatic rings. The summed E-state index contributed by atoms with van der Waals surface area (Å²) in [5.41, 5.74) is 0.865. The molecule has 0 aliphatic carbocycles. The molecule has 110 valence electrons. The van der Waals surface area contributed by atoms with Gasteiger partial charge in [-0.1, -0.05) is 46.7 Å². The van der Waals surface area contributed by atoms with Gasteiger partial charge in [0.25, 0.3) is 0 Å². The van der Waals surface area contributed by atoms with E-state index in [1.54, 1.807) is 34.9 Å². The van der Waals surface area contributed by atoms with Crippen molar-refractivity contribution in [2.75, 3.05) is 25.2 Å². The van der Waals surface area contributed by atoms with Crippen LogP contribution in [-0.4, -0.2) is 40.5 Å². The molecule has 4 nitrogen and oxygen atoms in total. The summed E-state index contributed by atoms with van der Waals surface area (Å²) >= 11 is 4.85. The molecule has 0 unspecified atom stereocenters. The van der Waals surface area contributed by atoms with E-state index in [2.05, 4.69) is 22.0 Å². The lowest BCUT2D eigenvalue weighted by Crippen LogP contribution is -1.99. The van der Waals surface area contributed by atoms with Gasteiger partial charge in [0.05, 0.1) is 6.61 Å². The molecule has 2 rings (SSSR count). The van der Waals surface area contributed by atoms with Crippen LogP contribution in [0.25, 0.3) is 0 Å². The molecular formula is C14H14N2O2S3. The zero-order chi connectivity index (χ0) is 14.9. The molecule has 1 aromatic carbocycles. The number of benzene rings is 1. The number of hydrogen-bond donors (Lipinski definition) is 1. The fourth-order valence-electron chi connectivity index (χ4n) is 1.40. The Balaban J connectivity index is 1.73. The van der Waals surface area contributed by atoms with E-state index in [4.69, 9.17) is 9.84 Å². The van der Waals surface area contributed by atoms with Gasteiger partial charge in [0.1, 0.15) is 12.4 Å². The Morgan fingerprint density at radius 2 is 2.00 bits per heavy atom. The van der Waals surface area contributed by atoms with E-state index in [0.717, 1.165) is 25.7 Å². The highest BCUT2D eigenvalue weighted by molar-refractivity contribution is 8.02. The van der Waals surface area contributed by atoms with Crippen molar-refractivity contribution in [2.24, 2.45) is 0 Å². The summed E-state index contributed by atoms with van der Waals surface area (Å²) in [6.45, 7) is 0.486. The summed E-state index contributed by atoms with van der Waals surface area (Å²) in [6, 6.07) is 7.51. The van der Waals surface area contributed by atoms with Gasteiger partial charge < -0.3 is 9.84 Å². The van der Waals surface area contributed by atoms with E-state index in [1.165, 1.54) is 0 Å². The minimum atomic E-state index is -0.126. The minimum Gasteiger partial charge on any atom is -0.493 e. The van der Waals surface area contributed by atoms with Crippen molar-refractivity contribution in [3.63, 3.8) is 0 Å². The van der Waals surface area contributed by atoms with Crippen LogP contribution >= 0.6 is 34.9 Å². The molecule has 1 heterocycles. The molecule has 0 saturated carbocycles. The third kappa shape index (κ3) is 5.59. The second-order valence-corrected chi connectivity index (χ2v) is 7.09.